The molecule has 0 aromatic heterocycles. The van der Waals surface area contributed by atoms with Gasteiger partial charge in [-0.3, -0.25) is 0 Å². The number of halogens is 5. The minimum absolute atomic E-state index is 0.0269. The van der Waals surface area contributed by atoms with E-state index in [4.69, 9.17) is 14.2 Å². The Morgan fingerprint density at radius 1 is 0.833 bits per heavy atom. The minimum atomic E-state index is -4.55. The van der Waals surface area contributed by atoms with E-state index in [1.165, 1.54) is 37.8 Å². The van der Waals surface area contributed by atoms with E-state index < -0.39 is 24.3 Å². The van der Waals surface area contributed by atoms with Crippen LogP contribution in [0.25, 0.3) is 10.8 Å². The third-order valence-electron chi connectivity index (χ3n) is 7.38. The molecule has 0 spiro atoms. The molecule has 0 amide bonds. The summed E-state index contributed by atoms with van der Waals surface area (Å²) in [6.45, 7) is 2.41. The third-order valence-corrected chi connectivity index (χ3v) is 7.38. The van der Waals surface area contributed by atoms with Gasteiger partial charge in [0.15, 0.2) is 24.5 Å². The number of rotatable bonds is 15. The summed E-state index contributed by atoms with van der Waals surface area (Å²) in [5.74, 6) is -1.68. The van der Waals surface area contributed by atoms with Crippen LogP contribution in [0.5, 0.6) is 5.75 Å². The van der Waals surface area contributed by atoms with Crippen LogP contribution in [0, 0.1) is 11.6 Å². The van der Waals surface area contributed by atoms with Gasteiger partial charge in [0.1, 0.15) is 11.9 Å². The van der Waals surface area contributed by atoms with Crippen molar-refractivity contribution in [3.05, 3.63) is 76.9 Å². The third kappa shape index (κ3) is 9.92. The molecule has 9 heteroatoms. The van der Waals surface area contributed by atoms with E-state index in [0.29, 0.717) is 49.0 Å². The highest BCUT2D eigenvalue weighted by atomic mass is 19.4. The Bertz CT molecular complexity index is 1270. The number of aryl methyl sites for hydroxylation is 3. The van der Waals surface area contributed by atoms with E-state index in [1.807, 2.05) is 18.2 Å². The molecule has 1 fully saturated rings. The Hall–Kier alpha value is -2.75. The summed E-state index contributed by atoms with van der Waals surface area (Å²) in [5, 5.41) is 1.28. The van der Waals surface area contributed by atoms with E-state index in [-0.39, 0.29) is 18.2 Å². The first kappa shape index (κ1) is 32.2. The van der Waals surface area contributed by atoms with Crippen molar-refractivity contribution >= 4 is 10.8 Å². The molecule has 0 bridgehead atoms. The van der Waals surface area contributed by atoms with Crippen molar-refractivity contribution in [1.29, 1.82) is 0 Å². The number of benzene rings is 3. The molecule has 42 heavy (non-hydrogen) atoms. The Kier molecular flexibility index (Phi) is 12.0. The molecule has 0 radical (unpaired) electrons. The fraction of sp³-hybridized carbons (Fsp3) is 0.515. The van der Waals surface area contributed by atoms with Crippen molar-refractivity contribution in [2.75, 3.05) is 26.4 Å². The summed E-state index contributed by atoms with van der Waals surface area (Å²) >= 11 is 0. The zero-order chi connectivity index (χ0) is 30.0. The highest BCUT2D eigenvalue weighted by Gasteiger charge is 2.29. The first-order chi connectivity index (χ1) is 20.2. The monoisotopic (exact) mass is 594 g/mol. The summed E-state index contributed by atoms with van der Waals surface area (Å²) < 4.78 is 88.5. The van der Waals surface area contributed by atoms with Crippen molar-refractivity contribution in [3.63, 3.8) is 0 Å². The number of alkyl halides is 3. The van der Waals surface area contributed by atoms with E-state index in [0.717, 1.165) is 36.5 Å². The molecule has 3 aromatic rings. The molecule has 1 saturated heterocycles. The number of hydrogen-bond acceptors (Lipinski definition) is 4. The first-order valence-electron chi connectivity index (χ1n) is 14.7. The molecule has 230 valence electrons. The molecule has 0 N–H and O–H groups in total. The molecular weight excluding hydrogens is 555 g/mol. The van der Waals surface area contributed by atoms with Crippen molar-refractivity contribution in [2.45, 2.75) is 83.3 Å². The first-order valence-corrected chi connectivity index (χ1v) is 14.7. The molecule has 0 unspecified atom stereocenters. The van der Waals surface area contributed by atoms with E-state index in [9.17, 15) is 17.6 Å². The second-order valence-electron chi connectivity index (χ2n) is 10.8. The van der Waals surface area contributed by atoms with Gasteiger partial charge in [0, 0.05) is 18.4 Å². The molecule has 0 atom stereocenters. The minimum Gasteiger partial charge on any atom is -0.481 e. The smallest absolute Gasteiger partial charge is 0.422 e. The van der Waals surface area contributed by atoms with E-state index in [2.05, 4.69) is 11.7 Å². The van der Waals surface area contributed by atoms with Gasteiger partial charge >= 0.3 is 6.18 Å². The molecule has 4 nitrogen and oxygen atoms in total. The summed E-state index contributed by atoms with van der Waals surface area (Å²) in [6, 6.07) is 13.0. The van der Waals surface area contributed by atoms with E-state index >= 15 is 4.39 Å². The SMILES string of the molecule is CCCCCCCOC1COC(CCc2ccc3c(F)c(CCc4ccc(OCC(F)(F)F)c(F)c4)ccc3c2)OC1. The maximum Gasteiger partial charge on any atom is 0.422 e. The van der Waals surface area contributed by atoms with Crippen LogP contribution in [-0.2, 0) is 33.5 Å². The molecule has 1 heterocycles. The van der Waals surface area contributed by atoms with Gasteiger partial charge in [-0.15, -0.1) is 0 Å². The lowest BCUT2D eigenvalue weighted by Gasteiger charge is -2.29. The topological polar surface area (TPSA) is 36.9 Å². The van der Waals surface area contributed by atoms with Crippen molar-refractivity contribution in [3.8, 4) is 5.75 Å². The maximum absolute atomic E-state index is 15.3. The van der Waals surface area contributed by atoms with Crippen LogP contribution >= 0.6 is 0 Å². The molecule has 4 rings (SSSR count). The molecule has 0 saturated carbocycles. The maximum atomic E-state index is 15.3. The van der Waals surface area contributed by atoms with Crippen LogP contribution in [0.4, 0.5) is 22.0 Å². The average Bonchev–Trinajstić information content (AvgIpc) is 2.97. The number of fused-ring (bicyclic) bond motifs is 1. The Labute approximate surface area is 244 Å². The summed E-state index contributed by atoms with van der Waals surface area (Å²) in [4.78, 5) is 0. The zero-order valence-corrected chi connectivity index (χ0v) is 24.0. The molecule has 3 aromatic carbocycles. The van der Waals surface area contributed by atoms with Crippen molar-refractivity contribution < 1.29 is 40.9 Å². The standard InChI is InChI=1S/C33H39F5O4/c1-2-3-4-5-6-17-39-27-20-40-31(41-21-27)16-10-23-8-14-28-26(18-23)13-12-25(32(28)35)11-7-24-9-15-30(29(34)19-24)42-22-33(36,37)38/h8-9,12-15,18-19,27,31H,2-7,10-11,16-17,20-22H2,1H3. The van der Waals surface area contributed by atoms with Gasteiger partial charge in [0.05, 0.1) is 13.2 Å². The molecule has 0 aliphatic carbocycles. The highest BCUT2D eigenvalue weighted by Crippen LogP contribution is 2.26. The quantitative estimate of drug-likeness (QED) is 0.131. The molecule has 1 aliphatic heterocycles. The second-order valence-corrected chi connectivity index (χ2v) is 10.8. The Morgan fingerprint density at radius 3 is 2.31 bits per heavy atom. The van der Waals surface area contributed by atoms with Gasteiger partial charge in [-0.25, -0.2) is 8.78 Å². The number of unbranched alkanes of at least 4 members (excludes halogenated alkanes) is 4. The lowest BCUT2D eigenvalue weighted by molar-refractivity contribution is -0.227. The van der Waals surface area contributed by atoms with Gasteiger partial charge in [0.25, 0.3) is 0 Å². The van der Waals surface area contributed by atoms with Gasteiger partial charge < -0.3 is 18.9 Å². The lowest BCUT2D eigenvalue weighted by atomic mass is 9.98. The van der Waals surface area contributed by atoms with E-state index in [1.54, 1.807) is 12.1 Å². The number of ether oxygens (including phenoxy) is 4. The molecule has 1 aliphatic rings. The largest absolute Gasteiger partial charge is 0.481 e. The van der Waals surface area contributed by atoms with Crippen molar-refractivity contribution in [2.24, 2.45) is 0 Å². The van der Waals surface area contributed by atoms with Gasteiger partial charge in [-0.05, 0) is 59.9 Å². The van der Waals surface area contributed by atoms with Gasteiger partial charge in [-0.2, -0.15) is 13.2 Å². The lowest BCUT2D eigenvalue weighted by Crippen LogP contribution is -2.37. The summed E-state index contributed by atoms with van der Waals surface area (Å²) in [5.41, 5.74) is 2.07. The normalized spacial score (nSPS) is 17.6. The fourth-order valence-electron chi connectivity index (χ4n) is 5.02. The van der Waals surface area contributed by atoms with Crippen molar-refractivity contribution in [1.82, 2.24) is 0 Å². The summed E-state index contributed by atoms with van der Waals surface area (Å²) in [7, 11) is 0. The Balaban J connectivity index is 1.23. The van der Waals surface area contributed by atoms with Crippen LogP contribution in [0.3, 0.4) is 0 Å². The second kappa shape index (κ2) is 15.6. The average molecular weight is 595 g/mol. The van der Waals surface area contributed by atoms with Crippen LogP contribution < -0.4 is 4.74 Å². The van der Waals surface area contributed by atoms with Crippen LogP contribution in [-0.4, -0.2) is 45.0 Å². The van der Waals surface area contributed by atoms with Crippen LogP contribution in [0.15, 0.2) is 48.5 Å². The zero-order valence-electron chi connectivity index (χ0n) is 24.0. The van der Waals surface area contributed by atoms with Crippen LogP contribution in [0.2, 0.25) is 0 Å². The van der Waals surface area contributed by atoms with Crippen LogP contribution in [0.1, 0.15) is 62.1 Å². The number of hydrogen-bond donors (Lipinski definition) is 0. The predicted molar refractivity (Wildman–Crippen MR) is 152 cm³/mol. The van der Waals surface area contributed by atoms with Gasteiger partial charge in [0.2, 0.25) is 0 Å². The highest BCUT2D eigenvalue weighted by molar-refractivity contribution is 5.84. The summed E-state index contributed by atoms with van der Waals surface area (Å²) in [6.07, 6.45) is 3.16. The van der Waals surface area contributed by atoms with Gasteiger partial charge in [-0.1, -0.05) is 69.0 Å². The predicted octanol–water partition coefficient (Wildman–Crippen LogP) is 8.51. The Morgan fingerprint density at radius 2 is 1.57 bits per heavy atom. The molecular formula is C33H39F5O4. The fourth-order valence-corrected chi connectivity index (χ4v) is 5.02.